The van der Waals surface area contributed by atoms with Gasteiger partial charge in [0.25, 0.3) is 5.91 Å². The van der Waals surface area contributed by atoms with Crippen molar-refractivity contribution in [2.24, 2.45) is 23.4 Å². The number of likely N-dealkylation sites (N-methyl/N-ethyl adjacent to an activating group) is 1. The number of benzene rings is 1. The number of fused-ring (bicyclic) bond motifs is 3. The summed E-state index contributed by atoms with van der Waals surface area (Å²) in [4.78, 5) is 51.6. The van der Waals surface area contributed by atoms with E-state index in [1.165, 1.54) is 19.0 Å². The summed E-state index contributed by atoms with van der Waals surface area (Å²) in [5, 5.41) is 46.1. The van der Waals surface area contributed by atoms with Crippen molar-refractivity contribution >= 4 is 29.2 Å². The van der Waals surface area contributed by atoms with Crippen molar-refractivity contribution in [3.63, 3.8) is 0 Å². The molecule has 4 rings (SSSR count). The number of hydrogen-bond donors (Lipinski definition) is 8. The third kappa shape index (κ3) is 3.26. The molecule has 0 heterocycles. The number of urea groups is 1. The Morgan fingerprint density at radius 2 is 1.86 bits per heavy atom. The van der Waals surface area contributed by atoms with Crippen LogP contribution in [-0.4, -0.2) is 74.6 Å². The lowest BCUT2D eigenvalue weighted by molar-refractivity contribution is -0.148. The van der Waals surface area contributed by atoms with Gasteiger partial charge in [-0.3, -0.25) is 24.7 Å². The number of halogens is 1. The highest BCUT2D eigenvalue weighted by Crippen LogP contribution is 2.53. The number of allylic oxidation sites excluding steroid dienone is 1. The third-order valence-corrected chi connectivity index (χ3v) is 7.05. The average Bonchev–Trinajstić information content (AvgIpc) is 2.79. The monoisotopic (exact) mass is 505 g/mol. The molecule has 0 bridgehead atoms. The Kier molecular flexibility index (Phi) is 5.78. The second-order valence-electron chi connectivity index (χ2n) is 9.17. The van der Waals surface area contributed by atoms with Crippen LogP contribution in [0.25, 0.3) is 0 Å². The minimum atomic E-state index is -2.81. The molecule has 192 valence electrons. The minimum absolute atomic E-state index is 0.179. The maximum atomic E-state index is 15.0. The molecule has 3 amide bonds. The van der Waals surface area contributed by atoms with E-state index in [0.29, 0.717) is 0 Å². The summed E-state index contributed by atoms with van der Waals surface area (Å²) >= 11 is 0. The summed E-state index contributed by atoms with van der Waals surface area (Å²) in [6, 6.07) is -1.38. The van der Waals surface area contributed by atoms with E-state index in [9.17, 15) is 39.6 Å². The van der Waals surface area contributed by atoms with Crippen LogP contribution in [0.5, 0.6) is 5.75 Å². The molecule has 13 nitrogen and oxygen atoms in total. The number of carbonyl (C=O) groups excluding carboxylic acids is 4. The molecule has 4 atom stereocenters. The number of nitrogens with two attached hydrogens (primary N) is 2. The van der Waals surface area contributed by atoms with Gasteiger partial charge in [-0.25, -0.2) is 15.0 Å². The van der Waals surface area contributed by atoms with Crippen molar-refractivity contribution in [2.75, 3.05) is 19.4 Å². The summed E-state index contributed by atoms with van der Waals surface area (Å²) in [6.07, 6.45) is -0.404. The second kappa shape index (κ2) is 8.29. The van der Waals surface area contributed by atoms with Crippen molar-refractivity contribution in [3.8, 4) is 5.75 Å². The van der Waals surface area contributed by atoms with Crippen LogP contribution < -0.4 is 22.3 Å². The summed E-state index contributed by atoms with van der Waals surface area (Å²) in [5.74, 6) is -4.53. The average molecular weight is 505 g/mol. The number of Topliss-reactive ketones (excluding diaryl/α,β-unsaturated/α-hetero) is 2. The van der Waals surface area contributed by atoms with Gasteiger partial charge in [0.15, 0.2) is 17.1 Å². The molecule has 14 heteroatoms. The predicted molar refractivity (Wildman–Crippen MR) is 120 cm³/mol. The van der Waals surface area contributed by atoms with Crippen LogP contribution in [0.15, 0.2) is 28.7 Å². The molecule has 10 N–H and O–H groups in total. The van der Waals surface area contributed by atoms with E-state index < -0.39 is 92.5 Å². The van der Waals surface area contributed by atoms with Gasteiger partial charge in [-0.1, -0.05) is 0 Å². The number of rotatable bonds is 3. The lowest BCUT2D eigenvalue weighted by atomic mass is 9.58. The summed E-state index contributed by atoms with van der Waals surface area (Å²) < 4.78 is 15.0. The predicted octanol–water partition coefficient (Wildman–Crippen LogP) is -0.745. The lowest BCUT2D eigenvalue weighted by Gasteiger charge is -2.50. The van der Waals surface area contributed by atoms with Crippen molar-refractivity contribution in [2.45, 2.75) is 24.5 Å². The zero-order valence-corrected chi connectivity index (χ0v) is 19.1. The molecule has 0 saturated carbocycles. The van der Waals surface area contributed by atoms with Crippen LogP contribution in [0.2, 0.25) is 0 Å². The Balaban J connectivity index is 1.93. The Bertz CT molecular complexity index is 1310. The Morgan fingerprint density at radius 3 is 2.42 bits per heavy atom. The fourth-order valence-electron chi connectivity index (χ4n) is 5.53. The van der Waals surface area contributed by atoms with Crippen molar-refractivity contribution < 1.29 is 44.0 Å². The number of carbonyl (C=O) groups is 4. The normalized spacial score (nSPS) is 27.4. The topological polar surface area (TPSA) is 229 Å². The van der Waals surface area contributed by atoms with E-state index in [1.807, 2.05) is 0 Å². The molecule has 0 aliphatic heterocycles. The first-order valence-corrected chi connectivity index (χ1v) is 10.7. The van der Waals surface area contributed by atoms with Crippen LogP contribution >= 0.6 is 0 Å². The maximum absolute atomic E-state index is 15.0. The van der Waals surface area contributed by atoms with E-state index in [4.69, 9.17) is 11.6 Å². The highest BCUT2D eigenvalue weighted by Gasteiger charge is 2.63. The van der Waals surface area contributed by atoms with Gasteiger partial charge in [0, 0.05) is 23.1 Å². The molecule has 3 aliphatic rings. The number of nitrogens with zero attached hydrogens (tertiary/aromatic N) is 1. The smallest absolute Gasteiger partial charge is 0.333 e. The Morgan fingerprint density at radius 1 is 1.22 bits per heavy atom. The Hall–Kier alpha value is -4.01. The van der Waals surface area contributed by atoms with Crippen molar-refractivity contribution in [3.05, 3.63) is 45.7 Å². The number of nitrogens with one attached hydrogen (secondary N) is 2. The van der Waals surface area contributed by atoms with Crippen LogP contribution in [0.4, 0.5) is 14.9 Å². The molecule has 1 aromatic rings. The van der Waals surface area contributed by atoms with Gasteiger partial charge in [0.1, 0.15) is 22.9 Å². The standard InChI is InChI=1S/C22H24FN5O8/c1-28(2)14-8-4-6-3-7-9(23)5-10(26-21(35)27-25)15(29)12(7)16(30)11(6)18(32)22(8,36)19(33)13(17(14)31)20(24)34/h5-6,8,14,29,31-32,36H,3-4,25H2,1-2H3,(H2,24,34)(H2,26,27,35)/t6-,8-,14-,22-/m0/s1. The number of aromatic hydroxyl groups is 1. The molecule has 3 aliphatic carbocycles. The quantitative estimate of drug-likeness (QED) is 0.0843. The first kappa shape index (κ1) is 25.1. The Labute approximate surface area is 202 Å². The molecule has 36 heavy (non-hydrogen) atoms. The van der Waals surface area contributed by atoms with Crippen LogP contribution in [0.3, 0.4) is 0 Å². The van der Waals surface area contributed by atoms with E-state index in [-0.39, 0.29) is 18.4 Å². The van der Waals surface area contributed by atoms with E-state index in [1.54, 1.807) is 5.43 Å². The molecule has 0 saturated heterocycles. The summed E-state index contributed by atoms with van der Waals surface area (Å²) in [6.45, 7) is 0. The number of anilines is 1. The number of aliphatic hydroxyl groups is 3. The van der Waals surface area contributed by atoms with Gasteiger partial charge in [0.2, 0.25) is 5.78 Å². The third-order valence-electron chi connectivity index (χ3n) is 7.05. The highest BCUT2D eigenvalue weighted by molar-refractivity contribution is 6.25. The zero-order chi connectivity index (χ0) is 26.9. The van der Waals surface area contributed by atoms with Crippen molar-refractivity contribution in [1.82, 2.24) is 10.3 Å². The molecule has 0 aromatic heterocycles. The fraction of sp³-hybridized carbons (Fsp3) is 0.364. The number of ketones is 2. The minimum Gasteiger partial charge on any atom is -0.510 e. The van der Waals surface area contributed by atoms with Gasteiger partial charge < -0.3 is 31.5 Å². The van der Waals surface area contributed by atoms with Gasteiger partial charge >= 0.3 is 6.03 Å². The van der Waals surface area contributed by atoms with Crippen LogP contribution in [-0.2, 0) is 16.0 Å². The number of amides is 3. The van der Waals surface area contributed by atoms with Gasteiger partial charge in [-0.2, -0.15) is 0 Å². The van der Waals surface area contributed by atoms with Gasteiger partial charge in [-0.15, -0.1) is 0 Å². The molecule has 0 radical (unpaired) electrons. The van der Waals surface area contributed by atoms with Crippen LogP contribution in [0.1, 0.15) is 22.3 Å². The van der Waals surface area contributed by atoms with E-state index in [2.05, 4.69) is 5.32 Å². The molecule has 1 aromatic carbocycles. The second-order valence-corrected chi connectivity index (χ2v) is 9.17. The maximum Gasteiger partial charge on any atom is 0.333 e. The molecule has 0 fully saturated rings. The molecule has 0 spiro atoms. The van der Waals surface area contributed by atoms with Gasteiger partial charge in [-0.05, 0) is 32.9 Å². The number of phenols is 1. The zero-order valence-electron chi connectivity index (χ0n) is 19.1. The SMILES string of the molecule is CN(C)[C@@H]1C(O)=C(C(N)=O)C(=O)[C@@]2(O)C(O)=C3C(=O)c4c(O)c(NC(=O)NN)cc(F)c4C[C@H]3C[C@@H]12. The lowest BCUT2D eigenvalue weighted by Crippen LogP contribution is -2.63. The number of aliphatic hydroxyl groups excluding tert-OH is 2. The van der Waals surface area contributed by atoms with Crippen LogP contribution in [0, 0.1) is 17.7 Å². The number of hydrogen-bond acceptors (Lipinski definition) is 10. The van der Waals surface area contributed by atoms with Gasteiger partial charge in [0.05, 0.1) is 17.3 Å². The first-order chi connectivity index (χ1) is 16.8. The summed E-state index contributed by atoms with van der Waals surface area (Å²) in [5.41, 5.74) is 1.52. The van der Waals surface area contributed by atoms with E-state index >= 15 is 4.39 Å². The number of hydrazine groups is 1. The number of primary amides is 1. The molecular weight excluding hydrogens is 481 g/mol. The fourth-order valence-corrected chi connectivity index (χ4v) is 5.53. The molecular formula is C22H24FN5O8. The van der Waals surface area contributed by atoms with Crippen molar-refractivity contribution in [1.29, 1.82) is 0 Å². The highest BCUT2D eigenvalue weighted by atomic mass is 19.1. The first-order valence-electron chi connectivity index (χ1n) is 10.7. The largest absolute Gasteiger partial charge is 0.510 e. The van der Waals surface area contributed by atoms with E-state index in [0.717, 1.165) is 6.07 Å². The molecule has 0 unspecified atom stereocenters. The summed E-state index contributed by atoms with van der Waals surface area (Å²) in [7, 11) is 2.99. The number of phenolic OH excluding ortho intramolecular Hbond substituents is 1.